The third kappa shape index (κ3) is 3.79. The number of nitrogens with one attached hydrogen (secondary N) is 1. The van der Waals surface area contributed by atoms with E-state index in [1.807, 2.05) is 13.2 Å². The van der Waals surface area contributed by atoms with Gasteiger partial charge in [-0.3, -0.25) is 0 Å². The van der Waals surface area contributed by atoms with Gasteiger partial charge in [-0.25, -0.2) is 13.1 Å². The van der Waals surface area contributed by atoms with Crippen LogP contribution in [-0.4, -0.2) is 31.6 Å². The molecule has 0 radical (unpaired) electrons. The van der Waals surface area contributed by atoms with Crippen LogP contribution in [0.25, 0.3) is 0 Å². The van der Waals surface area contributed by atoms with E-state index in [0.29, 0.717) is 6.54 Å². The number of hydrogen-bond acceptors (Lipinski definition) is 5. The maximum Gasteiger partial charge on any atom is 0.240 e. The maximum atomic E-state index is 11.9. The number of thioether (sulfide) groups is 1. The molecule has 1 aromatic carbocycles. The second kappa shape index (κ2) is 5.61. The summed E-state index contributed by atoms with van der Waals surface area (Å²) in [5.74, 6) is -0.124. The van der Waals surface area contributed by atoms with Gasteiger partial charge < -0.3 is 10.8 Å². The zero-order valence-electron chi connectivity index (χ0n) is 9.67. The van der Waals surface area contributed by atoms with Crippen molar-refractivity contribution < 1.29 is 13.5 Å². The zero-order valence-corrected chi connectivity index (χ0v) is 11.3. The molecule has 0 saturated carbocycles. The first-order chi connectivity index (χ1) is 7.86. The number of sulfonamides is 1. The summed E-state index contributed by atoms with van der Waals surface area (Å²) >= 11 is 1.57. The van der Waals surface area contributed by atoms with Gasteiger partial charge in [-0.05, 0) is 24.5 Å². The highest BCUT2D eigenvalue weighted by Gasteiger charge is 2.15. The topological polar surface area (TPSA) is 92.4 Å². The van der Waals surface area contributed by atoms with Crippen molar-refractivity contribution in [3.8, 4) is 5.75 Å². The molecule has 1 atom stereocenters. The third-order valence-corrected chi connectivity index (χ3v) is 4.67. The normalized spacial score (nSPS) is 13.5. The smallest absolute Gasteiger partial charge is 0.240 e. The number of rotatable bonds is 5. The Labute approximate surface area is 105 Å². The zero-order chi connectivity index (χ0) is 13.1. The monoisotopic (exact) mass is 276 g/mol. The van der Waals surface area contributed by atoms with Crippen LogP contribution in [0.4, 0.5) is 5.69 Å². The number of nitrogens with two attached hydrogens (primary N) is 1. The lowest BCUT2D eigenvalue weighted by atomic mass is 10.3. The van der Waals surface area contributed by atoms with Crippen molar-refractivity contribution in [2.45, 2.75) is 17.1 Å². The highest BCUT2D eigenvalue weighted by atomic mass is 32.2. The standard InChI is InChI=1S/C10H16N2O3S2/c1-7(16-2)6-12-17(14,15)8-3-4-10(13)9(11)5-8/h3-5,7,12-13H,6,11H2,1-2H3. The largest absolute Gasteiger partial charge is 0.506 e. The Kier molecular flexibility index (Phi) is 4.67. The number of aromatic hydroxyl groups is 1. The van der Waals surface area contributed by atoms with E-state index in [1.165, 1.54) is 18.2 Å². The molecule has 0 aliphatic rings. The van der Waals surface area contributed by atoms with Crippen molar-refractivity contribution >= 4 is 27.5 Å². The molecule has 0 bridgehead atoms. The second-order valence-electron chi connectivity index (χ2n) is 3.62. The van der Waals surface area contributed by atoms with Gasteiger partial charge >= 0.3 is 0 Å². The van der Waals surface area contributed by atoms with Crippen LogP contribution in [0.3, 0.4) is 0 Å². The van der Waals surface area contributed by atoms with Crippen LogP contribution in [-0.2, 0) is 10.0 Å². The van der Waals surface area contributed by atoms with Crippen LogP contribution in [0, 0.1) is 0 Å². The molecule has 4 N–H and O–H groups in total. The third-order valence-electron chi connectivity index (χ3n) is 2.27. The Bertz CT molecular complexity index is 488. The Balaban J connectivity index is 2.86. The molecule has 0 spiro atoms. The minimum absolute atomic E-state index is 0.0470. The lowest BCUT2D eigenvalue weighted by Gasteiger charge is -2.11. The maximum absolute atomic E-state index is 11.9. The molecule has 96 valence electrons. The van der Waals surface area contributed by atoms with Crippen LogP contribution < -0.4 is 10.5 Å². The summed E-state index contributed by atoms with van der Waals surface area (Å²) < 4.78 is 26.2. The summed E-state index contributed by atoms with van der Waals surface area (Å²) in [5.41, 5.74) is 5.50. The Morgan fingerprint density at radius 3 is 2.71 bits per heavy atom. The minimum atomic E-state index is -3.56. The van der Waals surface area contributed by atoms with E-state index in [-0.39, 0.29) is 21.6 Å². The average molecular weight is 276 g/mol. The van der Waals surface area contributed by atoms with Gasteiger partial charge in [0, 0.05) is 11.8 Å². The van der Waals surface area contributed by atoms with Crippen molar-refractivity contribution in [2.75, 3.05) is 18.5 Å². The lowest BCUT2D eigenvalue weighted by molar-refractivity contribution is 0.477. The van der Waals surface area contributed by atoms with Crippen molar-refractivity contribution in [1.82, 2.24) is 4.72 Å². The molecule has 1 rings (SSSR count). The summed E-state index contributed by atoms with van der Waals surface area (Å²) in [6, 6.07) is 3.82. The second-order valence-corrected chi connectivity index (χ2v) is 6.66. The van der Waals surface area contributed by atoms with Gasteiger partial charge in [0.1, 0.15) is 5.75 Å². The van der Waals surface area contributed by atoms with Crippen LogP contribution >= 0.6 is 11.8 Å². The molecule has 7 heteroatoms. The molecule has 1 unspecified atom stereocenters. The van der Waals surface area contributed by atoms with Gasteiger partial charge in [0.05, 0.1) is 10.6 Å². The van der Waals surface area contributed by atoms with Gasteiger partial charge in [-0.2, -0.15) is 11.8 Å². The molecule has 0 aliphatic heterocycles. The molecule has 0 saturated heterocycles. The summed E-state index contributed by atoms with van der Waals surface area (Å²) in [5, 5.41) is 9.42. The van der Waals surface area contributed by atoms with Crippen molar-refractivity contribution in [3.05, 3.63) is 18.2 Å². The quantitative estimate of drug-likeness (QED) is 0.551. The molecule has 0 amide bonds. The summed E-state index contributed by atoms with van der Waals surface area (Å²) in [4.78, 5) is 0.0566. The first kappa shape index (κ1) is 14.1. The average Bonchev–Trinajstić information content (AvgIpc) is 2.29. The Hall–Kier alpha value is -0.920. The number of anilines is 1. The number of nitrogen functional groups attached to an aromatic ring is 1. The summed E-state index contributed by atoms with van der Waals surface area (Å²) in [6.07, 6.45) is 1.91. The number of hydrogen-bond donors (Lipinski definition) is 3. The van der Waals surface area contributed by atoms with E-state index in [0.717, 1.165) is 0 Å². The molecule has 5 nitrogen and oxygen atoms in total. The van der Waals surface area contributed by atoms with Gasteiger partial charge in [0.15, 0.2) is 0 Å². The fraction of sp³-hybridized carbons (Fsp3) is 0.400. The van der Waals surface area contributed by atoms with Crippen molar-refractivity contribution in [1.29, 1.82) is 0 Å². The van der Waals surface area contributed by atoms with E-state index in [1.54, 1.807) is 11.8 Å². The van der Waals surface area contributed by atoms with Gasteiger partial charge in [0.25, 0.3) is 0 Å². The van der Waals surface area contributed by atoms with Gasteiger partial charge in [0.2, 0.25) is 10.0 Å². The lowest BCUT2D eigenvalue weighted by Crippen LogP contribution is -2.29. The first-order valence-corrected chi connectivity index (χ1v) is 7.75. The molecule has 0 aliphatic carbocycles. The highest BCUT2D eigenvalue weighted by molar-refractivity contribution is 7.99. The van der Waals surface area contributed by atoms with Crippen molar-refractivity contribution in [3.63, 3.8) is 0 Å². The van der Waals surface area contributed by atoms with E-state index in [9.17, 15) is 13.5 Å². The van der Waals surface area contributed by atoms with Crippen LogP contribution in [0.5, 0.6) is 5.75 Å². The van der Waals surface area contributed by atoms with E-state index >= 15 is 0 Å². The Morgan fingerprint density at radius 1 is 1.53 bits per heavy atom. The number of phenolic OH excluding ortho intramolecular Hbond substituents is 1. The molecule has 0 heterocycles. The molecule has 1 aromatic rings. The highest BCUT2D eigenvalue weighted by Crippen LogP contribution is 2.23. The Morgan fingerprint density at radius 2 is 2.18 bits per heavy atom. The van der Waals surface area contributed by atoms with Crippen molar-refractivity contribution in [2.24, 2.45) is 0 Å². The SMILES string of the molecule is CSC(C)CNS(=O)(=O)c1ccc(O)c(N)c1. The molecule has 17 heavy (non-hydrogen) atoms. The predicted molar refractivity (Wildman–Crippen MR) is 70.7 cm³/mol. The minimum Gasteiger partial charge on any atom is -0.506 e. The fourth-order valence-electron chi connectivity index (χ4n) is 1.09. The fourth-order valence-corrected chi connectivity index (χ4v) is 2.61. The van der Waals surface area contributed by atoms with Crippen LogP contribution in [0.1, 0.15) is 6.92 Å². The molecular formula is C10H16N2O3S2. The van der Waals surface area contributed by atoms with E-state index in [2.05, 4.69) is 4.72 Å². The van der Waals surface area contributed by atoms with Crippen LogP contribution in [0.15, 0.2) is 23.1 Å². The summed E-state index contributed by atoms with van der Waals surface area (Å²) in [6.45, 7) is 2.28. The van der Waals surface area contributed by atoms with E-state index in [4.69, 9.17) is 5.73 Å². The van der Waals surface area contributed by atoms with Gasteiger partial charge in [-0.15, -0.1) is 0 Å². The van der Waals surface area contributed by atoms with Gasteiger partial charge in [-0.1, -0.05) is 6.92 Å². The molecular weight excluding hydrogens is 260 g/mol. The number of phenols is 1. The van der Waals surface area contributed by atoms with E-state index < -0.39 is 10.0 Å². The molecule has 0 aromatic heterocycles. The summed E-state index contributed by atoms with van der Waals surface area (Å²) in [7, 11) is -3.56. The predicted octanol–water partition coefficient (Wildman–Crippen LogP) is 1.00. The van der Waals surface area contributed by atoms with Crippen LogP contribution in [0.2, 0.25) is 0 Å². The first-order valence-electron chi connectivity index (χ1n) is 4.97. The molecule has 0 fully saturated rings. The number of benzene rings is 1.